The van der Waals surface area contributed by atoms with E-state index in [-0.39, 0.29) is 5.82 Å². The molecule has 0 saturated heterocycles. The Bertz CT molecular complexity index is 554. The number of anilines is 1. The molecule has 0 aromatic heterocycles. The van der Waals surface area contributed by atoms with Gasteiger partial charge < -0.3 is 5.32 Å². The molecular formula is C16H17BrFN. The van der Waals surface area contributed by atoms with Gasteiger partial charge in [0, 0.05) is 11.7 Å². The largest absolute Gasteiger partial charge is 0.382 e. The molecule has 0 amide bonds. The predicted molar refractivity (Wildman–Crippen MR) is 82.1 cm³/mol. The second-order valence-electron chi connectivity index (χ2n) is 4.82. The minimum atomic E-state index is -0.223. The van der Waals surface area contributed by atoms with Crippen molar-refractivity contribution in [3.05, 3.63) is 63.9 Å². The number of halogens is 2. The van der Waals surface area contributed by atoms with Gasteiger partial charge >= 0.3 is 0 Å². The Morgan fingerprint density at radius 1 is 1.21 bits per heavy atom. The molecule has 0 bridgehead atoms. The van der Waals surface area contributed by atoms with Crippen LogP contribution in [0.15, 0.2) is 46.9 Å². The fraction of sp³-hybridized carbons (Fsp3) is 0.250. The highest BCUT2D eigenvalue weighted by Crippen LogP contribution is 2.25. The number of hydrogen-bond acceptors (Lipinski definition) is 1. The van der Waals surface area contributed by atoms with Crippen molar-refractivity contribution >= 4 is 21.6 Å². The van der Waals surface area contributed by atoms with Gasteiger partial charge in [0.2, 0.25) is 0 Å². The van der Waals surface area contributed by atoms with Gasteiger partial charge in [-0.15, -0.1) is 0 Å². The number of benzene rings is 2. The molecule has 3 heteroatoms. The van der Waals surface area contributed by atoms with Crippen molar-refractivity contribution in [2.45, 2.75) is 26.3 Å². The van der Waals surface area contributed by atoms with Gasteiger partial charge in [0.15, 0.2) is 0 Å². The van der Waals surface area contributed by atoms with Crippen LogP contribution in [-0.4, -0.2) is 6.04 Å². The first kappa shape index (κ1) is 14.1. The highest BCUT2D eigenvalue weighted by Gasteiger charge is 2.08. The predicted octanol–water partition coefficient (Wildman–Crippen LogP) is 4.94. The number of hydrogen-bond donors (Lipinski definition) is 1. The summed E-state index contributed by atoms with van der Waals surface area (Å²) in [6.45, 7) is 4.04. The van der Waals surface area contributed by atoms with E-state index < -0.39 is 0 Å². The first-order chi connectivity index (χ1) is 9.06. The van der Waals surface area contributed by atoms with E-state index in [0.29, 0.717) is 10.5 Å². The maximum Gasteiger partial charge on any atom is 0.137 e. The molecule has 1 atom stereocenters. The summed E-state index contributed by atoms with van der Waals surface area (Å²) in [5.74, 6) is -0.223. The van der Waals surface area contributed by atoms with Crippen LogP contribution in [0.5, 0.6) is 0 Å². The van der Waals surface area contributed by atoms with E-state index in [9.17, 15) is 4.39 Å². The zero-order valence-corrected chi connectivity index (χ0v) is 12.7. The van der Waals surface area contributed by atoms with Crippen LogP contribution in [0.25, 0.3) is 0 Å². The van der Waals surface area contributed by atoms with E-state index >= 15 is 0 Å². The first-order valence-electron chi connectivity index (χ1n) is 6.32. The lowest BCUT2D eigenvalue weighted by atomic mass is 10.1. The van der Waals surface area contributed by atoms with E-state index in [0.717, 1.165) is 17.7 Å². The lowest BCUT2D eigenvalue weighted by molar-refractivity contribution is 0.620. The third kappa shape index (κ3) is 3.80. The molecule has 0 aliphatic carbocycles. The molecule has 0 spiro atoms. The van der Waals surface area contributed by atoms with E-state index in [1.54, 1.807) is 12.1 Å². The summed E-state index contributed by atoms with van der Waals surface area (Å²) in [6, 6.07) is 14.0. The van der Waals surface area contributed by atoms with E-state index in [4.69, 9.17) is 0 Å². The molecule has 0 radical (unpaired) electrons. The summed E-state index contributed by atoms with van der Waals surface area (Å²) in [5.41, 5.74) is 3.18. The van der Waals surface area contributed by atoms with Gasteiger partial charge in [0.1, 0.15) is 5.82 Å². The van der Waals surface area contributed by atoms with E-state index in [2.05, 4.69) is 40.3 Å². The van der Waals surface area contributed by atoms with Crippen molar-refractivity contribution in [1.82, 2.24) is 0 Å². The Balaban J connectivity index is 2.07. The second kappa shape index (κ2) is 6.20. The second-order valence-corrected chi connectivity index (χ2v) is 5.67. The molecule has 2 rings (SSSR count). The SMILES string of the molecule is Cc1cc(F)c(Br)cc1NC(C)Cc1ccccc1. The minimum Gasteiger partial charge on any atom is -0.382 e. The van der Waals surface area contributed by atoms with Gasteiger partial charge in [-0.05, 0) is 59.5 Å². The summed E-state index contributed by atoms with van der Waals surface area (Å²) >= 11 is 3.22. The molecule has 1 unspecified atom stereocenters. The summed E-state index contributed by atoms with van der Waals surface area (Å²) < 4.78 is 13.9. The van der Waals surface area contributed by atoms with E-state index in [1.807, 2.05) is 25.1 Å². The molecule has 0 fully saturated rings. The van der Waals surface area contributed by atoms with Crippen molar-refractivity contribution < 1.29 is 4.39 Å². The molecule has 1 N–H and O–H groups in total. The van der Waals surface area contributed by atoms with Crippen molar-refractivity contribution in [2.24, 2.45) is 0 Å². The van der Waals surface area contributed by atoms with Crippen molar-refractivity contribution in [3.8, 4) is 0 Å². The number of aryl methyl sites for hydroxylation is 1. The van der Waals surface area contributed by atoms with Crippen LogP contribution in [0, 0.1) is 12.7 Å². The standard InChI is InChI=1S/C16H17BrFN/c1-11-8-15(18)14(17)10-16(11)19-12(2)9-13-6-4-3-5-7-13/h3-8,10,12,19H,9H2,1-2H3. The molecule has 0 aliphatic heterocycles. The summed E-state index contributed by atoms with van der Waals surface area (Å²) in [4.78, 5) is 0. The summed E-state index contributed by atoms with van der Waals surface area (Å²) in [5, 5.41) is 3.43. The smallest absolute Gasteiger partial charge is 0.137 e. The van der Waals surface area contributed by atoms with E-state index in [1.165, 1.54) is 5.56 Å². The van der Waals surface area contributed by atoms with Crippen LogP contribution in [0.1, 0.15) is 18.1 Å². The third-order valence-corrected chi connectivity index (χ3v) is 3.66. The number of nitrogens with one attached hydrogen (secondary N) is 1. The maximum absolute atomic E-state index is 13.4. The van der Waals surface area contributed by atoms with Crippen LogP contribution in [0.3, 0.4) is 0 Å². The average molecular weight is 322 g/mol. The highest BCUT2D eigenvalue weighted by molar-refractivity contribution is 9.10. The lowest BCUT2D eigenvalue weighted by Crippen LogP contribution is -2.18. The monoisotopic (exact) mass is 321 g/mol. The Morgan fingerprint density at radius 2 is 1.89 bits per heavy atom. The van der Waals surface area contributed by atoms with Crippen molar-refractivity contribution in [3.63, 3.8) is 0 Å². The Labute approximate surface area is 122 Å². The zero-order chi connectivity index (χ0) is 13.8. The van der Waals surface area contributed by atoms with Crippen LogP contribution in [-0.2, 0) is 6.42 Å². The molecule has 2 aromatic rings. The molecule has 0 aliphatic rings. The first-order valence-corrected chi connectivity index (χ1v) is 7.11. The molecule has 1 nitrogen and oxygen atoms in total. The number of rotatable bonds is 4. The summed E-state index contributed by atoms with van der Waals surface area (Å²) in [6.07, 6.45) is 0.940. The Kier molecular flexibility index (Phi) is 4.59. The zero-order valence-electron chi connectivity index (χ0n) is 11.1. The van der Waals surface area contributed by atoms with Crippen molar-refractivity contribution in [1.29, 1.82) is 0 Å². The molecule has 100 valence electrons. The molecule has 19 heavy (non-hydrogen) atoms. The minimum absolute atomic E-state index is 0.223. The topological polar surface area (TPSA) is 12.0 Å². The van der Waals surface area contributed by atoms with Gasteiger partial charge in [-0.25, -0.2) is 4.39 Å². The van der Waals surface area contributed by atoms with Crippen LogP contribution in [0.4, 0.5) is 10.1 Å². The van der Waals surface area contributed by atoms with Gasteiger partial charge in [0.25, 0.3) is 0 Å². The van der Waals surface area contributed by atoms with Gasteiger partial charge in [-0.3, -0.25) is 0 Å². The Morgan fingerprint density at radius 3 is 2.58 bits per heavy atom. The van der Waals surface area contributed by atoms with Crippen molar-refractivity contribution in [2.75, 3.05) is 5.32 Å². The maximum atomic E-state index is 13.4. The van der Waals surface area contributed by atoms with Crippen LogP contribution >= 0.6 is 15.9 Å². The van der Waals surface area contributed by atoms with Crippen LogP contribution < -0.4 is 5.32 Å². The Hall–Kier alpha value is -1.35. The average Bonchev–Trinajstić information content (AvgIpc) is 2.37. The van der Waals surface area contributed by atoms with Gasteiger partial charge in [-0.2, -0.15) is 0 Å². The van der Waals surface area contributed by atoms with Gasteiger partial charge in [-0.1, -0.05) is 30.3 Å². The lowest BCUT2D eigenvalue weighted by Gasteiger charge is -2.17. The van der Waals surface area contributed by atoms with Crippen LogP contribution in [0.2, 0.25) is 0 Å². The fourth-order valence-corrected chi connectivity index (χ4v) is 2.43. The van der Waals surface area contributed by atoms with Gasteiger partial charge in [0.05, 0.1) is 4.47 Å². The highest BCUT2D eigenvalue weighted by atomic mass is 79.9. The summed E-state index contributed by atoms with van der Waals surface area (Å²) in [7, 11) is 0. The molecule has 0 heterocycles. The quantitative estimate of drug-likeness (QED) is 0.841. The normalized spacial score (nSPS) is 12.2. The third-order valence-electron chi connectivity index (χ3n) is 3.05. The molecular weight excluding hydrogens is 305 g/mol. The fourth-order valence-electron chi connectivity index (χ4n) is 2.09. The molecule has 0 saturated carbocycles. The molecule has 2 aromatic carbocycles.